The van der Waals surface area contributed by atoms with Crippen molar-refractivity contribution in [1.29, 1.82) is 0 Å². The molecule has 0 unspecified atom stereocenters. The van der Waals surface area contributed by atoms with Crippen molar-refractivity contribution in [3.8, 4) is 5.75 Å². The van der Waals surface area contributed by atoms with Crippen LogP contribution in [0.15, 0.2) is 53.4 Å². The minimum absolute atomic E-state index is 0.0333. The smallest absolute Gasteiger partial charge is 0.334 e. The predicted octanol–water partition coefficient (Wildman–Crippen LogP) is 2.06. The minimum Gasteiger partial charge on any atom is -0.497 e. The molecule has 0 bridgehead atoms. The van der Waals surface area contributed by atoms with Crippen molar-refractivity contribution in [2.45, 2.75) is 4.90 Å². The first-order valence-corrected chi connectivity index (χ1v) is 8.28. The molecule has 25 heavy (non-hydrogen) atoms. The summed E-state index contributed by atoms with van der Waals surface area (Å²) in [5, 5.41) is 2.48. The largest absolute Gasteiger partial charge is 0.497 e. The maximum atomic E-state index is 12.3. The molecular weight excluding hydrogens is 350 g/mol. The van der Waals surface area contributed by atoms with Crippen LogP contribution < -0.4 is 20.7 Å². The van der Waals surface area contributed by atoms with Crippen molar-refractivity contribution in [1.82, 2.24) is 0 Å². The van der Waals surface area contributed by atoms with Gasteiger partial charge in [-0.2, -0.15) is 8.42 Å². The molecule has 0 aromatic heterocycles. The first kappa shape index (κ1) is 18.2. The van der Waals surface area contributed by atoms with Crippen LogP contribution in [0.1, 0.15) is 0 Å². The number of hydrogen-bond acceptors (Lipinski definition) is 5. The highest BCUT2D eigenvalue weighted by Crippen LogP contribution is 2.20. The molecule has 4 amide bonds. The van der Waals surface area contributed by atoms with Crippen molar-refractivity contribution in [3.63, 3.8) is 0 Å². The van der Waals surface area contributed by atoms with Gasteiger partial charge in [0.05, 0.1) is 17.7 Å². The number of benzene rings is 2. The number of urea groups is 2. The van der Waals surface area contributed by atoms with E-state index in [4.69, 9.17) is 15.0 Å². The lowest BCUT2D eigenvalue weighted by Crippen LogP contribution is -2.43. The molecule has 0 saturated heterocycles. The van der Waals surface area contributed by atoms with E-state index in [0.29, 0.717) is 16.3 Å². The fourth-order valence-corrected chi connectivity index (χ4v) is 2.45. The van der Waals surface area contributed by atoms with E-state index in [1.165, 1.54) is 19.2 Å². The second-order valence-corrected chi connectivity index (χ2v) is 6.22. The first-order chi connectivity index (χ1) is 11.7. The fraction of sp³-hybridized carbons (Fsp3) is 0.0667. The molecule has 2 rings (SSSR count). The van der Waals surface area contributed by atoms with Crippen molar-refractivity contribution in [3.05, 3.63) is 48.5 Å². The van der Waals surface area contributed by atoms with E-state index in [0.717, 1.165) is 12.1 Å². The predicted molar refractivity (Wildman–Crippen MR) is 90.3 cm³/mol. The number of nitrogens with two attached hydrogens (primary N) is 1. The van der Waals surface area contributed by atoms with Gasteiger partial charge in [-0.3, -0.25) is 4.55 Å². The summed E-state index contributed by atoms with van der Waals surface area (Å²) in [5.74, 6) is 0.588. The number of imide groups is 1. The molecule has 0 radical (unpaired) electrons. The van der Waals surface area contributed by atoms with E-state index < -0.39 is 22.2 Å². The second-order valence-electron chi connectivity index (χ2n) is 4.80. The van der Waals surface area contributed by atoms with Gasteiger partial charge in [0.15, 0.2) is 0 Å². The van der Waals surface area contributed by atoms with E-state index in [1.54, 1.807) is 24.3 Å². The second kappa shape index (κ2) is 7.20. The molecule has 9 nitrogen and oxygen atoms in total. The number of nitrogens with one attached hydrogen (secondary N) is 1. The van der Waals surface area contributed by atoms with Gasteiger partial charge in [0, 0.05) is 5.69 Å². The third kappa shape index (κ3) is 4.46. The fourth-order valence-electron chi connectivity index (χ4n) is 1.97. The monoisotopic (exact) mass is 365 g/mol. The van der Waals surface area contributed by atoms with Gasteiger partial charge < -0.3 is 15.8 Å². The zero-order valence-electron chi connectivity index (χ0n) is 13.0. The standard InChI is InChI=1S/C15H15N3O6S/c1-24-12-6-2-10(3-7-12)17-15(20)18(14(16)19)11-4-8-13(9-5-11)25(21,22)23/h2-9H,1H3,(H2,16,19)(H,17,20)(H,21,22,23). The van der Waals surface area contributed by atoms with Crippen molar-refractivity contribution in [2.75, 3.05) is 17.3 Å². The van der Waals surface area contributed by atoms with Crippen LogP contribution in [0.25, 0.3) is 0 Å². The number of carbonyl (C=O) groups excluding carboxylic acids is 2. The molecule has 0 fully saturated rings. The Balaban J connectivity index is 2.24. The lowest BCUT2D eigenvalue weighted by molar-refractivity contribution is 0.245. The van der Waals surface area contributed by atoms with Gasteiger partial charge in [0.1, 0.15) is 5.75 Å². The molecule has 4 N–H and O–H groups in total. The molecule has 2 aromatic carbocycles. The average molecular weight is 365 g/mol. The highest BCUT2D eigenvalue weighted by Gasteiger charge is 2.22. The normalized spacial score (nSPS) is 10.8. The zero-order chi connectivity index (χ0) is 18.6. The quantitative estimate of drug-likeness (QED) is 0.709. The molecule has 0 atom stereocenters. The molecule has 0 heterocycles. The number of nitrogens with zero attached hydrogens (tertiary/aromatic N) is 1. The van der Waals surface area contributed by atoms with Gasteiger partial charge in [0.2, 0.25) is 0 Å². The Hall–Kier alpha value is -3.11. The van der Waals surface area contributed by atoms with Crippen LogP contribution >= 0.6 is 0 Å². The van der Waals surface area contributed by atoms with Gasteiger partial charge in [0.25, 0.3) is 10.1 Å². The summed E-state index contributed by atoms with van der Waals surface area (Å²) >= 11 is 0. The summed E-state index contributed by atoms with van der Waals surface area (Å²) in [5.41, 5.74) is 5.66. The first-order valence-electron chi connectivity index (χ1n) is 6.84. The van der Waals surface area contributed by atoms with Crippen LogP contribution in [0, 0.1) is 0 Å². The number of hydrogen-bond donors (Lipinski definition) is 3. The van der Waals surface area contributed by atoms with Crippen LogP contribution in [0.3, 0.4) is 0 Å². The number of rotatable bonds is 4. The van der Waals surface area contributed by atoms with Crippen LogP contribution in [0.5, 0.6) is 5.75 Å². The summed E-state index contributed by atoms with van der Waals surface area (Å²) in [6.07, 6.45) is 0. The van der Waals surface area contributed by atoms with Crippen LogP contribution in [-0.4, -0.2) is 32.1 Å². The Bertz CT molecular complexity index is 878. The third-order valence-electron chi connectivity index (χ3n) is 3.16. The molecule has 132 valence electrons. The number of primary amides is 1. The van der Waals surface area contributed by atoms with Gasteiger partial charge in [-0.1, -0.05) is 0 Å². The van der Waals surface area contributed by atoms with Crippen LogP contribution in [0.4, 0.5) is 21.0 Å². The Morgan fingerprint density at radius 3 is 2.08 bits per heavy atom. The molecule has 0 aliphatic rings. The number of amides is 4. The average Bonchev–Trinajstić information content (AvgIpc) is 2.55. The molecule has 0 spiro atoms. The lowest BCUT2D eigenvalue weighted by Gasteiger charge is -2.19. The zero-order valence-corrected chi connectivity index (χ0v) is 13.9. The van der Waals surface area contributed by atoms with Crippen molar-refractivity contribution >= 4 is 33.6 Å². The van der Waals surface area contributed by atoms with E-state index in [-0.39, 0.29) is 10.6 Å². The van der Waals surface area contributed by atoms with Gasteiger partial charge in [-0.15, -0.1) is 0 Å². The highest BCUT2D eigenvalue weighted by molar-refractivity contribution is 7.85. The minimum atomic E-state index is -4.39. The molecule has 2 aromatic rings. The van der Waals surface area contributed by atoms with Gasteiger partial charge in [-0.25, -0.2) is 14.5 Å². The van der Waals surface area contributed by atoms with Gasteiger partial charge in [-0.05, 0) is 48.5 Å². The Labute approximate surface area is 143 Å². The molecule has 0 saturated carbocycles. The third-order valence-corrected chi connectivity index (χ3v) is 4.03. The molecule has 0 aliphatic carbocycles. The Kier molecular flexibility index (Phi) is 5.25. The maximum Gasteiger partial charge on any atom is 0.334 e. The van der Waals surface area contributed by atoms with E-state index in [2.05, 4.69) is 5.32 Å². The maximum absolute atomic E-state index is 12.3. The topological polar surface area (TPSA) is 139 Å². The Morgan fingerprint density at radius 2 is 1.64 bits per heavy atom. The summed E-state index contributed by atoms with van der Waals surface area (Å²) in [4.78, 5) is 24.2. The number of anilines is 2. The van der Waals surface area contributed by atoms with E-state index >= 15 is 0 Å². The van der Waals surface area contributed by atoms with Crippen LogP contribution in [-0.2, 0) is 10.1 Å². The number of carbonyl (C=O) groups is 2. The van der Waals surface area contributed by atoms with Gasteiger partial charge >= 0.3 is 12.1 Å². The lowest BCUT2D eigenvalue weighted by atomic mass is 10.3. The van der Waals surface area contributed by atoms with E-state index in [9.17, 15) is 18.0 Å². The number of ether oxygens (including phenoxy) is 1. The van der Waals surface area contributed by atoms with Crippen molar-refractivity contribution in [2.24, 2.45) is 5.73 Å². The Morgan fingerprint density at radius 1 is 1.08 bits per heavy atom. The number of methoxy groups -OCH3 is 1. The van der Waals surface area contributed by atoms with Crippen LogP contribution in [0.2, 0.25) is 0 Å². The summed E-state index contributed by atoms with van der Waals surface area (Å²) in [6.45, 7) is 0. The highest BCUT2D eigenvalue weighted by atomic mass is 32.2. The van der Waals surface area contributed by atoms with Crippen molar-refractivity contribution < 1.29 is 27.3 Å². The van der Waals surface area contributed by atoms with E-state index in [1.807, 2.05) is 0 Å². The summed E-state index contributed by atoms with van der Waals surface area (Å²) < 4.78 is 36.0. The summed E-state index contributed by atoms with van der Waals surface area (Å²) in [6, 6.07) is 8.89. The molecule has 0 aliphatic heterocycles. The molecular formula is C15H15N3O6S. The molecule has 10 heteroatoms. The summed E-state index contributed by atoms with van der Waals surface area (Å²) in [7, 11) is -2.89. The SMILES string of the molecule is COc1ccc(NC(=O)N(C(N)=O)c2ccc(S(=O)(=O)O)cc2)cc1.